The Labute approximate surface area is 125 Å². The third-order valence-corrected chi connectivity index (χ3v) is 3.74. The molecule has 0 spiro atoms. The van der Waals surface area contributed by atoms with Gasteiger partial charge in [-0.25, -0.2) is 9.97 Å². The summed E-state index contributed by atoms with van der Waals surface area (Å²) in [6, 6.07) is 11.0. The van der Waals surface area contributed by atoms with Crippen molar-refractivity contribution in [3.8, 4) is 23.0 Å². The summed E-state index contributed by atoms with van der Waals surface area (Å²) in [6.07, 6.45) is 0. The molecular formula is C16H13N3O3. The molecule has 6 heteroatoms. The highest BCUT2D eigenvalue weighted by Gasteiger charge is 2.21. The summed E-state index contributed by atoms with van der Waals surface area (Å²) in [4.78, 5) is 8.99. The third kappa shape index (κ3) is 1.60. The molecule has 0 aliphatic carbocycles. The fourth-order valence-corrected chi connectivity index (χ4v) is 2.70. The second kappa shape index (κ2) is 4.49. The number of hydrogen-bond acceptors (Lipinski definition) is 5. The monoisotopic (exact) mass is 295 g/mol. The van der Waals surface area contributed by atoms with Crippen LogP contribution in [0.2, 0.25) is 0 Å². The lowest BCUT2D eigenvalue weighted by molar-refractivity contribution is 0.202. The Hall–Kier alpha value is -3.02. The Kier molecular flexibility index (Phi) is 2.59. The molecule has 0 unspecified atom stereocenters. The minimum Gasteiger partial charge on any atom is -0.493 e. The van der Waals surface area contributed by atoms with Crippen LogP contribution in [0.15, 0.2) is 36.4 Å². The van der Waals surface area contributed by atoms with E-state index in [2.05, 4.69) is 9.97 Å². The van der Waals surface area contributed by atoms with Crippen molar-refractivity contribution in [2.24, 2.45) is 0 Å². The van der Waals surface area contributed by atoms with E-state index >= 15 is 0 Å². The Morgan fingerprint density at radius 1 is 0.955 bits per heavy atom. The van der Waals surface area contributed by atoms with Gasteiger partial charge in [0.05, 0.1) is 25.3 Å². The summed E-state index contributed by atoms with van der Waals surface area (Å²) < 4.78 is 11.7. The van der Waals surface area contributed by atoms with E-state index in [9.17, 15) is 5.21 Å². The maximum atomic E-state index is 10.6. The smallest absolute Gasteiger partial charge is 0.181 e. The van der Waals surface area contributed by atoms with E-state index in [-0.39, 0.29) is 0 Å². The fraction of sp³-hybridized carbons (Fsp3) is 0.125. The van der Waals surface area contributed by atoms with Gasteiger partial charge >= 0.3 is 0 Å². The first kappa shape index (κ1) is 12.7. The number of methoxy groups -OCH3 is 2. The first-order valence-corrected chi connectivity index (χ1v) is 6.75. The molecule has 110 valence electrons. The molecule has 2 aromatic rings. The van der Waals surface area contributed by atoms with Crippen LogP contribution in [0.5, 0.6) is 11.5 Å². The van der Waals surface area contributed by atoms with Crippen molar-refractivity contribution in [1.29, 1.82) is 0 Å². The van der Waals surface area contributed by atoms with Crippen molar-refractivity contribution in [2.45, 2.75) is 0 Å². The number of hydrogen-bond donors (Lipinski definition) is 1. The summed E-state index contributed by atoms with van der Waals surface area (Å²) in [7, 11) is 3.11. The molecule has 2 aliphatic rings. The molecule has 4 rings (SSSR count). The van der Waals surface area contributed by atoms with Gasteiger partial charge in [0.15, 0.2) is 17.3 Å². The predicted molar refractivity (Wildman–Crippen MR) is 81.9 cm³/mol. The molecule has 0 saturated carbocycles. The quantitative estimate of drug-likeness (QED) is 0.576. The van der Waals surface area contributed by atoms with Gasteiger partial charge in [-0.2, -0.15) is 4.73 Å². The van der Waals surface area contributed by atoms with Gasteiger partial charge in [0.25, 0.3) is 0 Å². The van der Waals surface area contributed by atoms with E-state index in [1.54, 1.807) is 26.4 Å². The summed E-state index contributed by atoms with van der Waals surface area (Å²) in [5.41, 5.74) is 2.48. The first-order valence-electron chi connectivity index (χ1n) is 6.75. The Bertz CT molecular complexity index is 977. The topological polar surface area (TPSA) is 69.4 Å². The van der Waals surface area contributed by atoms with Gasteiger partial charge in [0.1, 0.15) is 11.2 Å². The SMILES string of the molecule is COc1cc2nc3nc4ccccc4c-3n(O)c2cc1OC. The van der Waals surface area contributed by atoms with Gasteiger partial charge in [-0.3, -0.25) is 0 Å². The van der Waals surface area contributed by atoms with Crippen LogP contribution in [0.4, 0.5) is 0 Å². The van der Waals surface area contributed by atoms with E-state index < -0.39 is 0 Å². The second-order valence-corrected chi connectivity index (χ2v) is 4.92. The average molecular weight is 295 g/mol. The Morgan fingerprint density at radius 2 is 1.64 bits per heavy atom. The zero-order valence-electron chi connectivity index (χ0n) is 12.1. The van der Waals surface area contributed by atoms with Gasteiger partial charge in [0.2, 0.25) is 0 Å². The van der Waals surface area contributed by atoms with E-state index in [1.807, 2.05) is 24.3 Å². The zero-order chi connectivity index (χ0) is 15.3. The van der Waals surface area contributed by atoms with Gasteiger partial charge in [0, 0.05) is 17.5 Å². The van der Waals surface area contributed by atoms with Crippen molar-refractivity contribution in [3.05, 3.63) is 36.4 Å². The van der Waals surface area contributed by atoms with Gasteiger partial charge in [-0.1, -0.05) is 18.2 Å². The number of fused-ring (bicyclic) bond motifs is 4. The van der Waals surface area contributed by atoms with Crippen molar-refractivity contribution in [1.82, 2.24) is 14.7 Å². The van der Waals surface area contributed by atoms with E-state index in [1.165, 1.54) is 0 Å². The summed E-state index contributed by atoms with van der Waals surface area (Å²) in [6.45, 7) is 0. The van der Waals surface area contributed by atoms with Crippen LogP contribution < -0.4 is 9.47 Å². The number of rotatable bonds is 2. The molecule has 0 aromatic heterocycles. The number of ether oxygens (including phenoxy) is 2. The van der Waals surface area contributed by atoms with Gasteiger partial charge < -0.3 is 14.7 Å². The molecule has 2 aliphatic heterocycles. The van der Waals surface area contributed by atoms with Crippen molar-refractivity contribution >= 4 is 21.9 Å². The van der Waals surface area contributed by atoms with Crippen molar-refractivity contribution < 1.29 is 14.7 Å². The molecule has 2 aromatic carbocycles. The van der Waals surface area contributed by atoms with Crippen LogP contribution in [-0.2, 0) is 0 Å². The Morgan fingerprint density at radius 3 is 2.41 bits per heavy atom. The molecule has 0 radical (unpaired) electrons. The van der Waals surface area contributed by atoms with E-state index in [0.717, 1.165) is 15.6 Å². The summed E-state index contributed by atoms with van der Waals surface area (Å²) >= 11 is 0. The van der Waals surface area contributed by atoms with E-state index in [4.69, 9.17) is 9.47 Å². The molecule has 0 amide bonds. The lowest BCUT2D eigenvalue weighted by atomic mass is 10.2. The van der Waals surface area contributed by atoms with Gasteiger partial charge in [-0.05, 0) is 6.07 Å². The highest BCUT2D eigenvalue weighted by molar-refractivity contribution is 5.97. The molecule has 1 N–H and O–H groups in total. The average Bonchev–Trinajstić information content (AvgIpc) is 2.92. The van der Waals surface area contributed by atoms with Crippen molar-refractivity contribution in [3.63, 3.8) is 0 Å². The molecule has 0 atom stereocenters. The van der Waals surface area contributed by atoms with Crippen LogP contribution in [0.25, 0.3) is 33.5 Å². The number of para-hydroxylation sites is 1. The predicted octanol–water partition coefficient (Wildman–Crippen LogP) is 2.94. The molecular weight excluding hydrogens is 282 g/mol. The lowest BCUT2D eigenvalue weighted by Crippen LogP contribution is -2.04. The number of aromatic nitrogens is 3. The van der Waals surface area contributed by atoms with Crippen LogP contribution >= 0.6 is 0 Å². The third-order valence-electron chi connectivity index (χ3n) is 3.74. The first-order chi connectivity index (χ1) is 10.7. The Balaban J connectivity index is 2.17. The van der Waals surface area contributed by atoms with Crippen LogP contribution in [0.3, 0.4) is 0 Å². The minimum absolute atomic E-state index is 0.489. The summed E-state index contributed by atoms with van der Waals surface area (Å²) in [5.74, 6) is 1.57. The standard InChI is InChI=1S/C16H13N3O3/c1-21-13-7-11-12(8-14(13)22-2)19(20)15-9-5-3-4-6-10(9)17-16(15)18-11/h3-8,20H,1-2H3. The number of benzene rings is 2. The maximum Gasteiger partial charge on any atom is 0.181 e. The van der Waals surface area contributed by atoms with E-state index in [0.29, 0.717) is 34.1 Å². The van der Waals surface area contributed by atoms with Gasteiger partial charge in [-0.15, -0.1) is 0 Å². The van der Waals surface area contributed by atoms with Crippen LogP contribution in [-0.4, -0.2) is 34.1 Å². The van der Waals surface area contributed by atoms with Crippen LogP contribution in [0, 0.1) is 0 Å². The molecule has 22 heavy (non-hydrogen) atoms. The van der Waals surface area contributed by atoms with Crippen LogP contribution in [0.1, 0.15) is 0 Å². The zero-order valence-corrected chi connectivity index (χ0v) is 12.1. The lowest BCUT2D eigenvalue weighted by Gasteiger charge is -2.13. The second-order valence-electron chi connectivity index (χ2n) is 4.92. The highest BCUT2D eigenvalue weighted by Crippen LogP contribution is 2.36. The summed E-state index contributed by atoms with van der Waals surface area (Å²) in [5, 5.41) is 11.5. The molecule has 0 saturated heterocycles. The van der Waals surface area contributed by atoms with Crippen molar-refractivity contribution in [2.75, 3.05) is 14.2 Å². The minimum atomic E-state index is 0.489. The molecule has 2 heterocycles. The molecule has 0 bridgehead atoms. The fourth-order valence-electron chi connectivity index (χ4n) is 2.70. The highest BCUT2D eigenvalue weighted by atomic mass is 16.5. The molecule has 0 fully saturated rings. The normalized spacial score (nSPS) is 11.4. The number of nitrogens with zero attached hydrogens (tertiary/aromatic N) is 3. The molecule has 6 nitrogen and oxygen atoms in total. The largest absolute Gasteiger partial charge is 0.493 e. The maximum absolute atomic E-state index is 10.6.